The maximum absolute atomic E-state index is 4.84. The highest BCUT2D eigenvalue weighted by molar-refractivity contribution is 7.99. The minimum atomic E-state index is 0.894. The first-order valence-electron chi connectivity index (χ1n) is 9.99. The van der Waals surface area contributed by atoms with Crippen LogP contribution < -0.4 is 0 Å². The van der Waals surface area contributed by atoms with Crippen molar-refractivity contribution >= 4 is 57.1 Å². The van der Waals surface area contributed by atoms with Crippen LogP contribution in [0.25, 0.3) is 38.5 Å². The summed E-state index contributed by atoms with van der Waals surface area (Å²) in [6, 6.07) is 31.3. The van der Waals surface area contributed by atoms with Crippen molar-refractivity contribution < 1.29 is 0 Å². The average molecular weight is 436 g/mol. The van der Waals surface area contributed by atoms with Gasteiger partial charge >= 0.3 is 0 Å². The Kier molecular flexibility index (Phi) is 4.44. The molecule has 0 N–H and O–H groups in total. The van der Waals surface area contributed by atoms with Crippen LogP contribution in [-0.2, 0) is 0 Å². The van der Waals surface area contributed by atoms with E-state index in [1.54, 1.807) is 11.8 Å². The molecule has 0 aliphatic carbocycles. The number of hydrogen-bond acceptors (Lipinski definition) is 4. The molecule has 0 bridgehead atoms. The molecule has 3 aromatic carbocycles. The fourth-order valence-corrected chi connectivity index (χ4v) is 5.12. The normalized spacial score (nSPS) is 11.5. The Morgan fingerprint density at radius 3 is 2.52 bits per heavy atom. The van der Waals surface area contributed by atoms with Crippen molar-refractivity contribution in [3.8, 4) is 5.82 Å². The number of rotatable bonds is 3. The quantitative estimate of drug-likeness (QED) is 0.299. The van der Waals surface area contributed by atoms with Gasteiger partial charge in [0, 0.05) is 32.1 Å². The van der Waals surface area contributed by atoms with Gasteiger partial charge in [-0.1, -0.05) is 60.3 Å². The van der Waals surface area contributed by atoms with Gasteiger partial charge < -0.3 is 0 Å². The molecule has 0 saturated carbocycles. The predicted molar refractivity (Wildman–Crippen MR) is 132 cm³/mol. The van der Waals surface area contributed by atoms with E-state index >= 15 is 0 Å². The highest BCUT2D eigenvalue weighted by Crippen LogP contribution is 2.36. The fourth-order valence-electron chi connectivity index (χ4n) is 4.04. The lowest BCUT2D eigenvalue weighted by atomic mass is 10.2. The monoisotopic (exact) mass is 435 g/mol. The van der Waals surface area contributed by atoms with Gasteiger partial charge in [0.15, 0.2) is 0 Å². The Morgan fingerprint density at radius 1 is 0.742 bits per heavy atom. The first-order chi connectivity index (χ1) is 15.3. The molecule has 0 aliphatic heterocycles. The molecule has 0 unspecified atom stereocenters. The van der Waals surface area contributed by atoms with Crippen molar-refractivity contribution in [2.24, 2.45) is 0 Å². The second kappa shape index (κ2) is 7.45. The molecule has 3 heterocycles. The van der Waals surface area contributed by atoms with Crippen molar-refractivity contribution in [1.29, 1.82) is 0 Å². The smallest absolute Gasteiger partial charge is 0.137 e. The van der Waals surface area contributed by atoms with Crippen molar-refractivity contribution in [3.63, 3.8) is 0 Å². The van der Waals surface area contributed by atoms with Crippen LogP contribution in [0, 0.1) is 0 Å². The van der Waals surface area contributed by atoms with Crippen molar-refractivity contribution in [2.45, 2.75) is 14.8 Å². The van der Waals surface area contributed by atoms with Gasteiger partial charge in [0.1, 0.15) is 10.8 Å². The molecule has 0 amide bonds. The van der Waals surface area contributed by atoms with Gasteiger partial charge in [-0.25, -0.2) is 9.97 Å². The van der Waals surface area contributed by atoms with E-state index < -0.39 is 0 Å². The first-order valence-corrected chi connectivity index (χ1v) is 11.3. The van der Waals surface area contributed by atoms with E-state index in [4.69, 9.17) is 4.98 Å². The van der Waals surface area contributed by atoms with E-state index in [-0.39, 0.29) is 0 Å². The number of nitrogens with zero attached hydrogens (tertiary/aromatic N) is 3. The van der Waals surface area contributed by atoms with Crippen LogP contribution in [0.5, 0.6) is 0 Å². The van der Waals surface area contributed by atoms with Crippen LogP contribution >= 0.6 is 24.4 Å². The second-order valence-corrected chi connectivity index (χ2v) is 8.90. The Labute approximate surface area is 189 Å². The van der Waals surface area contributed by atoms with E-state index in [9.17, 15) is 0 Å². The zero-order valence-corrected chi connectivity index (χ0v) is 18.1. The Hall–Kier alpha value is -3.28. The zero-order chi connectivity index (χ0) is 20.8. The van der Waals surface area contributed by atoms with Crippen LogP contribution in [-0.4, -0.2) is 14.5 Å². The minimum absolute atomic E-state index is 0.894. The summed E-state index contributed by atoms with van der Waals surface area (Å²) in [7, 11) is 0. The summed E-state index contributed by atoms with van der Waals surface area (Å²) in [5.74, 6) is 0.916. The third-order valence-electron chi connectivity index (χ3n) is 5.42. The molecule has 31 heavy (non-hydrogen) atoms. The summed E-state index contributed by atoms with van der Waals surface area (Å²) >= 11 is 6.23. The molecule has 0 radical (unpaired) electrons. The molecular formula is C26H17N3S2. The van der Waals surface area contributed by atoms with E-state index in [1.165, 1.54) is 10.8 Å². The molecule has 3 aromatic heterocycles. The maximum Gasteiger partial charge on any atom is 0.137 e. The summed E-state index contributed by atoms with van der Waals surface area (Å²) < 4.78 is 2.23. The highest BCUT2D eigenvalue weighted by Gasteiger charge is 2.13. The van der Waals surface area contributed by atoms with Crippen LogP contribution in [0.15, 0.2) is 112 Å². The molecule has 3 nitrogen and oxygen atoms in total. The molecule has 6 aromatic rings. The second-order valence-electron chi connectivity index (χ2n) is 7.32. The van der Waals surface area contributed by atoms with Gasteiger partial charge in [-0.05, 0) is 42.5 Å². The van der Waals surface area contributed by atoms with E-state index in [1.807, 2.05) is 36.5 Å². The first kappa shape index (κ1) is 18.5. The SMILES string of the molecule is Sc1cccc2ccc(Sc3ccc4c5ccccc5n(-c5ccccn5)c4c3)nc12. The van der Waals surface area contributed by atoms with Gasteiger partial charge in [-0.3, -0.25) is 4.57 Å². The van der Waals surface area contributed by atoms with Crippen molar-refractivity contribution in [1.82, 2.24) is 14.5 Å². The van der Waals surface area contributed by atoms with Crippen LogP contribution in [0.4, 0.5) is 0 Å². The topological polar surface area (TPSA) is 30.7 Å². The van der Waals surface area contributed by atoms with Crippen LogP contribution in [0.1, 0.15) is 0 Å². The van der Waals surface area contributed by atoms with Crippen LogP contribution in [0.3, 0.4) is 0 Å². The predicted octanol–water partition coefficient (Wildman–Crippen LogP) is 7.17. The van der Waals surface area contributed by atoms with E-state index in [0.29, 0.717) is 0 Å². The molecule has 6 rings (SSSR count). The largest absolute Gasteiger partial charge is 0.294 e. The molecule has 0 aliphatic rings. The summed E-state index contributed by atoms with van der Waals surface area (Å²) in [6.45, 7) is 0. The van der Waals surface area contributed by atoms with Gasteiger partial charge in [-0.15, -0.1) is 12.6 Å². The lowest BCUT2D eigenvalue weighted by molar-refractivity contribution is 1.08. The van der Waals surface area contributed by atoms with Crippen molar-refractivity contribution in [2.75, 3.05) is 0 Å². The molecule has 148 valence electrons. The number of fused-ring (bicyclic) bond motifs is 4. The molecule has 0 saturated heterocycles. The number of benzene rings is 3. The molecule has 0 fully saturated rings. The average Bonchev–Trinajstić information content (AvgIpc) is 3.14. The molecule has 5 heteroatoms. The van der Waals surface area contributed by atoms with Crippen molar-refractivity contribution in [3.05, 3.63) is 97.2 Å². The molecular weight excluding hydrogens is 418 g/mol. The third-order valence-corrected chi connectivity index (χ3v) is 6.71. The lowest BCUT2D eigenvalue weighted by Gasteiger charge is -2.08. The number of thiol groups is 1. The Bertz CT molecular complexity index is 1570. The zero-order valence-electron chi connectivity index (χ0n) is 16.4. The van der Waals surface area contributed by atoms with E-state index in [0.717, 1.165) is 42.6 Å². The van der Waals surface area contributed by atoms with Gasteiger partial charge in [0.2, 0.25) is 0 Å². The fraction of sp³-hybridized carbons (Fsp3) is 0. The highest BCUT2D eigenvalue weighted by atomic mass is 32.2. The number of para-hydroxylation sites is 2. The van der Waals surface area contributed by atoms with Gasteiger partial charge in [0.25, 0.3) is 0 Å². The number of pyridine rings is 2. The van der Waals surface area contributed by atoms with Gasteiger partial charge in [0.05, 0.1) is 16.6 Å². The van der Waals surface area contributed by atoms with E-state index in [2.05, 4.69) is 82.8 Å². The Balaban J connectivity index is 1.51. The summed E-state index contributed by atoms with van der Waals surface area (Å²) in [4.78, 5) is 11.5. The van der Waals surface area contributed by atoms with Gasteiger partial charge in [-0.2, -0.15) is 0 Å². The summed E-state index contributed by atoms with van der Waals surface area (Å²) in [5, 5.41) is 4.49. The molecule has 0 atom stereocenters. The minimum Gasteiger partial charge on any atom is -0.294 e. The summed E-state index contributed by atoms with van der Waals surface area (Å²) in [5.41, 5.74) is 3.22. The Morgan fingerprint density at radius 2 is 1.61 bits per heavy atom. The lowest BCUT2D eigenvalue weighted by Crippen LogP contribution is -1.96. The maximum atomic E-state index is 4.84. The summed E-state index contributed by atoms with van der Waals surface area (Å²) in [6.07, 6.45) is 1.84. The number of aromatic nitrogens is 3. The number of hydrogen-bond donors (Lipinski definition) is 1. The third kappa shape index (κ3) is 3.17. The standard InChI is InChI=1S/C26H17N3S2/c30-23-9-5-6-17-11-14-25(28-26(17)23)31-18-12-13-20-19-7-1-2-8-21(19)29(22(20)16-18)24-10-3-4-15-27-24/h1-16,30H. The molecule has 0 spiro atoms. The van der Waals surface area contributed by atoms with Crippen LogP contribution in [0.2, 0.25) is 0 Å².